The molecular formula is C17H22BrNOS. The second kappa shape index (κ2) is 7.43. The van der Waals surface area contributed by atoms with Crippen LogP contribution in [0.4, 0.5) is 0 Å². The molecule has 0 saturated heterocycles. The number of rotatable bonds is 6. The van der Waals surface area contributed by atoms with Crippen LogP contribution in [0.1, 0.15) is 50.2 Å². The van der Waals surface area contributed by atoms with Gasteiger partial charge in [0.05, 0.1) is 9.89 Å². The van der Waals surface area contributed by atoms with Crippen LogP contribution in [0.15, 0.2) is 40.2 Å². The number of hydrogen-bond donors (Lipinski definition) is 1. The highest BCUT2D eigenvalue weighted by Gasteiger charge is 2.13. The number of ether oxygens (including phenoxy) is 1. The van der Waals surface area contributed by atoms with Gasteiger partial charge in [-0.05, 0) is 73.5 Å². The minimum absolute atomic E-state index is 0.212. The highest BCUT2D eigenvalue weighted by molar-refractivity contribution is 9.11. The molecule has 1 N–H and O–H groups in total. The van der Waals surface area contributed by atoms with E-state index < -0.39 is 0 Å². The van der Waals surface area contributed by atoms with E-state index in [2.05, 4.69) is 59.4 Å². The molecule has 0 aliphatic heterocycles. The summed E-state index contributed by atoms with van der Waals surface area (Å²) < 4.78 is 6.85. The van der Waals surface area contributed by atoms with Crippen LogP contribution in [-0.2, 0) is 0 Å². The van der Waals surface area contributed by atoms with Gasteiger partial charge in [-0.1, -0.05) is 12.1 Å². The third kappa shape index (κ3) is 4.83. The lowest BCUT2D eigenvalue weighted by Crippen LogP contribution is -2.21. The zero-order chi connectivity index (χ0) is 15.4. The lowest BCUT2D eigenvalue weighted by atomic mass is 10.1. The Labute approximate surface area is 139 Å². The second-order valence-corrected chi connectivity index (χ2v) is 7.98. The van der Waals surface area contributed by atoms with Crippen LogP contribution in [0, 0.1) is 0 Å². The van der Waals surface area contributed by atoms with E-state index in [1.807, 2.05) is 26.0 Å². The first kappa shape index (κ1) is 16.5. The maximum Gasteiger partial charge on any atom is 0.119 e. The smallest absolute Gasteiger partial charge is 0.119 e. The monoisotopic (exact) mass is 367 g/mol. The van der Waals surface area contributed by atoms with E-state index in [4.69, 9.17) is 4.74 Å². The molecule has 1 heterocycles. The van der Waals surface area contributed by atoms with Crippen LogP contribution in [0.5, 0.6) is 5.75 Å². The maximum absolute atomic E-state index is 5.68. The summed E-state index contributed by atoms with van der Waals surface area (Å²) in [4.78, 5) is 1.34. The first-order valence-corrected chi connectivity index (χ1v) is 8.84. The van der Waals surface area contributed by atoms with Gasteiger partial charge in [0.15, 0.2) is 0 Å². The van der Waals surface area contributed by atoms with Gasteiger partial charge in [-0.2, -0.15) is 0 Å². The summed E-state index contributed by atoms with van der Waals surface area (Å²) in [5, 5.41) is 3.63. The van der Waals surface area contributed by atoms with Crippen molar-refractivity contribution in [1.29, 1.82) is 0 Å². The molecule has 0 aliphatic rings. The molecular weight excluding hydrogens is 346 g/mol. The van der Waals surface area contributed by atoms with Crippen molar-refractivity contribution in [3.8, 4) is 5.75 Å². The topological polar surface area (TPSA) is 21.3 Å². The van der Waals surface area contributed by atoms with Crippen molar-refractivity contribution >= 4 is 27.3 Å². The molecule has 2 nitrogen and oxygen atoms in total. The molecule has 0 amide bonds. The van der Waals surface area contributed by atoms with Gasteiger partial charge in [0, 0.05) is 17.0 Å². The van der Waals surface area contributed by atoms with Crippen molar-refractivity contribution in [2.45, 2.75) is 45.9 Å². The first-order chi connectivity index (χ1) is 9.95. The summed E-state index contributed by atoms with van der Waals surface area (Å²) in [6.45, 7) is 8.47. The van der Waals surface area contributed by atoms with Gasteiger partial charge in [0.1, 0.15) is 5.75 Å². The van der Waals surface area contributed by atoms with Crippen molar-refractivity contribution in [3.05, 3.63) is 50.6 Å². The van der Waals surface area contributed by atoms with E-state index in [1.54, 1.807) is 11.3 Å². The Morgan fingerprint density at radius 1 is 0.952 bits per heavy atom. The molecule has 114 valence electrons. The Kier molecular flexibility index (Phi) is 5.85. The number of benzene rings is 1. The SMILES string of the molecule is CC(C)Oc1ccc(C(C)NC(C)c2ccc(Br)s2)cc1. The van der Waals surface area contributed by atoms with Gasteiger partial charge in [0.25, 0.3) is 0 Å². The van der Waals surface area contributed by atoms with Crippen LogP contribution >= 0.6 is 27.3 Å². The van der Waals surface area contributed by atoms with Crippen molar-refractivity contribution in [2.24, 2.45) is 0 Å². The molecule has 2 atom stereocenters. The highest BCUT2D eigenvalue weighted by atomic mass is 79.9. The fraction of sp³-hybridized carbons (Fsp3) is 0.412. The predicted octanol–water partition coefficient (Wildman–Crippen LogP) is 5.71. The summed E-state index contributed by atoms with van der Waals surface area (Å²) in [5.74, 6) is 0.927. The van der Waals surface area contributed by atoms with Gasteiger partial charge < -0.3 is 10.1 Å². The Morgan fingerprint density at radius 2 is 1.62 bits per heavy atom. The summed E-state index contributed by atoms with van der Waals surface area (Å²) in [6.07, 6.45) is 0.212. The van der Waals surface area contributed by atoms with Crippen molar-refractivity contribution in [2.75, 3.05) is 0 Å². The molecule has 1 aromatic carbocycles. The molecule has 2 unspecified atom stereocenters. The van der Waals surface area contributed by atoms with E-state index in [9.17, 15) is 0 Å². The minimum Gasteiger partial charge on any atom is -0.491 e. The molecule has 2 rings (SSSR count). The average molecular weight is 368 g/mol. The third-order valence-electron chi connectivity index (χ3n) is 3.27. The Hall–Kier alpha value is -0.840. The minimum atomic E-state index is 0.212. The predicted molar refractivity (Wildman–Crippen MR) is 94.2 cm³/mol. The summed E-state index contributed by atoms with van der Waals surface area (Å²) in [5.41, 5.74) is 1.27. The van der Waals surface area contributed by atoms with Crippen LogP contribution in [0.2, 0.25) is 0 Å². The molecule has 2 aromatic rings. The number of thiophene rings is 1. The quantitative estimate of drug-likeness (QED) is 0.705. The van der Waals surface area contributed by atoms with Crippen molar-refractivity contribution in [1.82, 2.24) is 5.32 Å². The van der Waals surface area contributed by atoms with Gasteiger partial charge >= 0.3 is 0 Å². The number of halogens is 1. The second-order valence-electron chi connectivity index (χ2n) is 5.49. The van der Waals surface area contributed by atoms with Gasteiger partial charge in [-0.3, -0.25) is 0 Å². The van der Waals surface area contributed by atoms with Crippen LogP contribution in [-0.4, -0.2) is 6.10 Å². The fourth-order valence-corrected chi connectivity index (χ4v) is 3.66. The maximum atomic E-state index is 5.68. The largest absolute Gasteiger partial charge is 0.491 e. The van der Waals surface area contributed by atoms with E-state index in [0.717, 1.165) is 5.75 Å². The van der Waals surface area contributed by atoms with Crippen molar-refractivity contribution < 1.29 is 4.74 Å². The first-order valence-electron chi connectivity index (χ1n) is 7.23. The third-order valence-corrected chi connectivity index (χ3v) is 5.08. The van der Waals surface area contributed by atoms with E-state index in [1.165, 1.54) is 14.2 Å². The van der Waals surface area contributed by atoms with Crippen molar-refractivity contribution in [3.63, 3.8) is 0 Å². The summed E-state index contributed by atoms with van der Waals surface area (Å²) >= 11 is 5.29. The number of nitrogens with one attached hydrogen (secondary N) is 1. The molecule has 4 heteroatoms. The molecule has 1 aromatic heterocycles. The normalized spacial score (nSPS) is 14.2. The lowest BCUT2D eigenvalue weighted by molar-refractivity contribution is 0.242. The zero-order valence-electron chi connectivity index (χ0n) is 12.9. The number of hydrogen-bond acceptors (Lipinski definition) is 3. The Bertz CT molecular complexity index is 564. The van der Waals surface area contributed by atoms with Gasteiger partial charge in [-0.25, -0.2) is 0 Å². The standard InChI is InChI=1S/C17H22BrNOS/c1-11(2)20-15-7-5-14(6-8-15)12(3)19-13(4)16-9-10-17(18)21-16/h5-13,19H,1-4H3. The average Bonchev–Trinajstić information content (AvgIpc) is 2.85. The van der Waals surface area contributed by atoms with E-state index in [0.29, 0.717) is 12.1 Å². The summed E-state index contributed by atoms with van der Waals surface area (Å²) in [7, 11) is 0. The molecule has 0 aliphatic carbocycles. The highest BCUT2D eigenvalue weighted by Crippen LogP contribution is 2.29. The van der Waals surface area contributed by atoms with Gasteiger partial charge in [0.2, 0.25) is 0 Å². The molecule has 0 spiro atoms. The van der Waals surface area contributed by atoms with Crippen LogP contribution in [0.25, 0.3) is 0 Å². The Balaban J connectivity index is 1.98. The van der Waals surface area contributed by atoms with E-state index >= 15 is 0 Å². The van der Waals surface area contributed by atoms with E-state index in [-0.39, 0.29) is 6.10 Å². The van der Waals surface area contributed by atoms with Crippen LogP contribution < -0.4 is 10.1 Å². The lowest BCUT2D eigenvalue weighted by Gasteiger charge is -2.20. The molecule has 0 radical (unpaired) electrons. The summed E-state index contributed by atoms with van der Waals surface area (Å²) in [6, 6.07) is 13.2. The zero-order valence-corrected chi connectivity index (χ0v) is 15.3. The van der Waals surface area contributed by atoms with Crippen LogP contribution in [0.3, 0.4) is 0 Å². The van der Waals surface area contributed by atoms with Gasteiger partial charge in [-0.15, -0.1) is 11.3 Å². The molecule has 0 bridgehead atoms. The molecule has 0 fully saturated rings. The molecule has 0 saturated carbocycles. The molecule has 21 heavy (non-hydrogen) atoms. The Morgan fingerprint density at radius 3 is 2.14 bits per heavy atom. The fourth-order valence-electron chi connectivity index (χ4n) is 2.22.